The van der Waals surface area contributed by atoms with Gasteiger partial charge >= 0.3 is 0 Å². The fraction of sp³-hybridized carbons (Fsp3) is 0.524. The summed E-state index contributed by atoms with van der Waals surface area (Å²) in [7, 11) is 0. The van der Waals surface area contributed by atoms with Gasteiger partial charge < -0.3 is 14.4 Å². The standard InChI is InChI=1S/C21H29NO4/c1-5-21(3,4)19(23)20(24)22-15-25-14-18(22)16(2)26-13-9-12-17-10-7-6-8-11-17/h6-8,10-11,18H,2,5,9,12-15H2,1,3-4H3/t18-/m0/s1. The maximum absolute atomic E-state index is 12.6. The highest BCUT2D eigenvalue weighted by Crippen LogP contribution is 2.25. The molecule has 0 unspecified atom stereocenters. The number of ether oxygens (including phenoxy) is 2. The van der Waals surface area contributed by atoms with Gasteiger partial charge in [-0.1, -0.05) is 57.7 Å². The van der Waals surface area contributed by atoms with E-state index in [0.717, 1.165) is 12.8 Å². The molecule has 5 heteroatoms. The number of ketones is 1. The zero-order valence-corrected chi connectivity index (χ0v) is 16.0. The molecule has 1 fully saturated rings. The van der Waals surface area contributed by atoms with Crippen LogP contribution in [-0.2, 0) is 25.5 Å². The van der Waals surface area contributed by atoms with Gasteiger partial charge in [0.15, 0.2) is 0 Å². The maximum Gasteiger partial charge on any atom is 0.293 e. The molecule has 0 N–H and O–H groups in total. The van der Waals surface area contributed by atoms with Crippen LogP contribution < -0.4 is 0 Å². The van der Waals surface area contributed by atoms with E-state index in [9.17, 15) is 9.59 Å². The molecule has 1 amide bonds. The van der Waals surface area contributed by atoms with Crippen LogP contribution >= 0.6 is 0 Å². The van der Waals surface area contributed by atoms with Crippen LogP contribution in [0.25, 0.3) is 0 Å². The van der Waals surface area contributed by atoms with Crippen molar-refractivity contribution in [3.05, 3.63) is 48.2 Å². The van der Waals surface area contributed by atoms with Crippen molar-refractivity contribution in [2.45, 2.75) is 46.1 Å². The van der Waals surface area contributed by atoms with E-state index in [4.69, 9.17) is 9.47 Å². The summed E-state index contributed by atoms with van der Waals surface area (Å²) in [5.74, 6) is -0.438. The second-order valence-corrected chi connectivity index (χ2v) is 7.26. The second-order valence-electron chi connectivity index (χ2n) is 7.26. The Morgan fingerprint density at radius 1 is 1.31 bits per heavy atom. The molecule has 1 atom stereocenters. The van der Waals surface area contributed by atoms with E-state index < -0.39 is 23.1 Å². The van der Waals surface area contributed by atoms with Crippen LogP contribution in [0.15, 0.2) is 42.7 Å². The largest absolute Gasteiger partial charge is 0.496 e. The number of aryl methyl sites for hydroxylation is 1. The van der Waals surface area contributed by atoms with Gasteiger partial charge in [0, 0.05) is 5.41 Å². The van der Waals surface area contributed by atoms with Crippen molar-refractivity contribution < 1.29 is 19.1 Å². The van der Waals surface area contributed by atoms with Crippen LogP contribution in [0.3, 0.4) is 0 Å². The summed E-state index contributed by atoms with van der Waals surface area (Å²) in [5.41, 5.74) is 0.581. The summed E-state index contributed by atoms with van der Waals surface area (Å²) in [6, 6.07) is 9.79. The van der Waals surface area contributed by atoms with E-state index in [2.05, 4.69) is 18.7 Å². The number of carbonyl (C=O) groups excluding carboxylic acids is 2. The van der Waals surface area contributed by atoms with Gasteiger partial charge in [-0.15, -0.1) is 0 Å². The zero-order valence-electron chi connectivity index (χ0n) is 16.0. The van der Waals surface area contributed by atoms with Gasteiger partial charge in [-0.25, -0.2) is 0 Å². The van der Waals surface area contributed by atoms with Crippen LogP contribution in [0.1, 0.15) is 39.2 Å². The zero-order chi connectivity index (χ0) is 19.2. The highest BCUT2D eigenvalue weighted by molar-refractivity contribution is 6.38. The van der Waals surface area contributed by atoms with E-state index in [1.54, 1.807) is 13.8 Å². The lowest BCUT2D eigenvalue weighted by atomic mass is 9.84. The SMILES string of the molecule is C=C(OCCCc1ccccc1)[C@@H]1COCN1C(=O)C(=O)C(C)(C)CC. The van der Waals surface area contributed by atoms with E-state index in [-0.39, 0.29) is 6.73 Å². The van der Waals surface area contributed by atoms with Gasteiger partial charge in [0.25, 0.3) is 5.91 Å². The molecule has 0 bridgehead atoms. The first-order valence-electron chi connectivity index (χ1n) is 9.15. The summed E-state index contributed by atoms with van der Waals surface area (Å²) < 4.78 is 11.1. The van der Waals surface area contributed by atoms with Crippen molar-refractivity contribution in [1.82, 2.24) is 4.90 Å². The summed E-state index contributed by atoms with van der Waals surface area (Å²) >= 11 is 0. The predicted octanol–water partition coefficient (Wildman–Crippen LogP) is 3.34. The molecule has 0 saturated carbocycles. The first-order valence-corrected chi connectivity index (χ1v) is 9.15. The molecule has 1 aromatic carbocycles. The van der Waals surface area contributed by atoms with Crippen molar-refractivity contribution >= 4 is 11.7 Å². The molecule has 142 valence electrons. The summed E-state index contributed by atoms with van der Waals surface area (Å²) in [4.78, 5) is 26.5. The van der Waals surface area contributed by atoms with Crippen molar-refractivity contribution in [3.63, 3.8) is 0 Å². The number of Topliss-reactive ketones (excluding diaryl/α,β-unsaturated/α-hetero) is 1. The number of carbonyl (C=O) groups is 2. The first-order chi connectivity index (χ1) is 12.4. The Kier molecular flexibility index (Phi) is 6.98. The van der Waals surface area contributed by atoms with Gasteiger partial charge in [-0.05, 0) is 24.8 Å². The van der Waals surface area contributed by atoms with Crippen molar-refractivity contribution in [1.29, 1.82) is 0 Å². The minimum Gasteiger partial charge on any atom is -0.496 e. The Morgan fingerprint density at radius 2 is 2.00 bits per heavy atom. The Labute approximate surface area is 156 Å². The lowest BCUT2D eigenvalue weighted by Crippen LogP contribution is -2.46. The molecule has 1 heterocycles. The van der Waals surface area contributed by atoms with Crippen LogP contribution in [0.4, 0.5) is 0 Å². The van der Waals surface area contributed by atoms with E-state index in [1.165, 1.54) is 10.5 Å². The van der Waals surface area contributed by atoms with Crippen molar-refractivity contribution in [3.8, 4) is 0 Å². The molecule has 1 aliphatic rings. The average Bonchev–Trinajstić information content (AvgIpc) is 3.14. The third kappa shape index (κ3) is 4.94. The first kappa shape index (κ1) is 20.2. The summed E-state index contributed by atoms with van der Waals surface area (Å²) in [6.45, 7) is 10.3. The molecule has 0 spiro atoms. The third-order valence-electron chi connectivity index (χ3n) is 4.95. The lowest BCUT2D eigenvalue weighted by molar-refractivity contribution is -0.150. The van der Waals surface area contributed by atoms with Gasteiger partial charge in [-0.2, -0.15) is 0 Å². The Hall–Kier alpha value is -2.14. The van der Waals surface area contributed by atoms with Crippen LogP contribution in [0.2, 0.25) is 0 Å². The number of amides is 1. The summed E-state index contributed by atoms with van der Waals surface area (Å²) in [5, 5.41) is 0. The van der Waals surface area contributed by atoms with Crippen LogP contribution in [-0.4, -0.2) is 42.6 Å². The smallest absolute Gasteiger partial charge is 0.293 e. The molecule has 26 heavy (non-hydrogen) atoms. The molecule has 0 aromatic heterocycles. The van der Waals surface area contributed by atoms with Crippen molar-refractivity contribution in [2.24, 2.45) is 5.41 Å². The second kappa shape index (κ2) is 8.99. The fourth-order valence-corrected chi connectivity index (χ4v) is 2.71. The number of hydrogen-bond acceptors (Lipinski definition) is 4. The normalized spacial score (nSPS) is 17.2. The molecule has 2 rings (SSSR count). The molecule has 0 radical (unpaired) electrons. The molecular weight excluding hydrogens is 330 g/mol. The number of hydrogen-bond donors (Lipinski definition) is 0. The molecule has 1 saturated heterocycles. The minimum atomic E-state index is -0.678. The van der Waals surface area contributed by atoms with Gasteiger partial charge in [0.05, 0.1) is 13.2 Å². The van der Waals surface area contributed by atoms with Gasteiger partial charge in [-0.3, -0.25) is 9.59 Å². The molecular formula is C21H29NO4. The maximum atomic E-state index is 12.6. The third-order valence-corrected chi connectivity index (χ3v) is 4.95. The van der Waals surface area contributed by atoms with Gasteiger partial charge in [0.2, 0.25) is 5.78 Å². The monoisotopic (exact) mass is 359 g/mol. The molecule has 1 aromatic rings. The minimum absolute atomic E-state index is 0.0986. The number of nitrogens with zero attached hydrogens (tertiary/aromatic N) is 1. The Morgan fingerprint density at radius 3 is 2.65 bits per heavy atom. The Balaban J connectivity index is 1.85. The number of rotatable bonds is 9. The fourth-order valence-electron chi connectivity index (χ4n) is 2.71. The average molecular weight is 359 g/mol. The highest BCUT2D eigenvalue weighted by atomic mass is 16.5. The van der Waals surface area contributed by atoms with Crippen LogP contribution in [0.5, 0.6) is 0 Å². The van der Waals surface area contributed by atoms with Gasteiger partial charge in [0.1, 0.15) is 18.5 Å². The van der Waals surface area contributed by atoms with E-state index in [1.807, 2.05) is 25.1 Å². The number of benzene rings is 1. The molecule has 0 aliphatic carbocycles. The Bertz CT molecular complexity index is 639. The van der Waals surface area contributed by atoms with Crippen molar-refractivity contribution in [2.75, 3.05) is 19.9 Å². The topological polar surface area (TPSA) is 55.8 Å². The quantitative estimate of drug-likeness (QED) is 0.385. The molecule has 1 aliphatic heterocycles. The highest BCUT2D eigenvalue weighted by Gasteiger charge is 2.40. The molecule has 5 nitrogen and oxygen atoms in total. The lowest BCUT2D eigenvalue weighted by Gasteiger charge is -2.27. The predicted molar refractivity (Wildman–Crippen MR) is 100 cm³/mol. The van der Waals surface area contributed by atoms with Crippen LogP contribution in [0, 0.1) is 5.41 Å². The summed E-state index contributed by atoms with van der Waals surface area (Å²) in [6.07, 6.45) is 2.38. The van der Waals surface area contributed by atoms with E-state index >= 15 is 0 Å². The van der Waals surface area contributed by atoms with E-state index in [0.29, 0.717) is 25.4 Å².